The van der Waals surface area contributed by atoms with E-state index in [-0.39, 0.29) is 24.7 Å². The molecular formula is C13H19ClF2N2O3S. The second-order valence-corrected chi connectivity index (χ2v) is 6.25. The number of amides is 1. The van der Waals surface area contributed by atoms with Crippen molar-refractivity contribution in [2.75, 3.05) is 19.6 Å². The number of carbonyl (C=O) groups excluding carboxylic acids is 1. The van der Waals surface area contributed by atoms with Crippen LogP contribution in [0.25, 0.3) is 0 Å². The Bertz CT molecular complexity index is 565. The summed E-state index contributed by atoms with van der Waals surface area (Å²) in [5, 5.41) is 5.74. The fourth-order valence-corrected chi connectivity index (χ4v) is 2.34. The highest BCUT2D eigenvalue weighted by atomic mass is 35.5. The highest BCUT2D eigenvalue weighted by molar-refractivity contribution is 7.91. The molecule has 1 amide bonds. The molecule has 126 valence electrons. The molecule has 2 N–H and O–H groups in total. The van der Waals surface area contributed by atoms with Gasteiger partial charge in [-0.15, -0.1) is 12.4 Å². The van der Waals surface area contributed by atoms with E-state index in [1.807, 2.05) is 6.92 Å². The minimum absolute atomic E-state index is 0. The van der Waals surface area contributed by atoms with Crippen LogP contribution in [0.15, 0.2) is 29.2 Å². The minimum Gasteiger partial charge on any atom is -0.355 e. The zero-order chi connectivity index (χ0) is 15.9. The lowest BCUT2D eigenvalue weighted by molar-refractivity contribution is -0.120. The summed E-state index contributed by atoms with van der Waals surface area (Å²) >= 11 is 0. The second-order valence-electron chi connectivity index (χ2n) is 4.33. The molecule has 0 unspecified atom stereocenters. The van der Waals surface area contributed by atoms with Crippen LogP contribution in [0, 0.1) is 0 Å². The molecule has 0 aromatic heterocycles. The van der Waals surface area contributed by atoms with E-state index >= 15 is 0 Å². The number of alkyl halides is 2. The number of sulfone groups is 1. The molecular weight excluding hydrogens is 338 g/mol. The topological polar surface area (TPSA) is 75.3 Å². The lowest BCUT2D eigenvalue weighted by Gasteiger charge is -2.07. The molecule has 1 aromatic carbocycles. The van der Waals surface area contributed by atoms with Gasteiger partial charge in [-0.1, -0.05) is 19.1 Å². The molecule has 22 heavy (non-hydrogen) atoms. The maximum Gasteiger partial charge on any atom is 0.341 e. The molecule has 0 saturated heterocycles. The lowest BCUT2D eigenvalue weighted by atomic mass is 10.1. The Morgan fingerprint density at radius 3 is 2.27 bits per heavy atom. The molecule has 0 heterocycles. The first-order valence-corrected chi connectivity index (χ1v) is 8.01. The number of rotatable bonds is 8. The van der Waals surface area contributed by atoms with Crippen LogP contribution >= 0.6 is 12.4 Å². The number of hydrogen-bond acceptors (Lipinski definition) is 4. The first-order chi connectivity index (χ1) is 9.87. The van der Waals surface area contributed by atoms with Crippen molar-refractivity contribution in [3.8, 4) is 0 Å². The third-order valence-corrected chi connectivity index (χ3v) is 4.12. The molecule has 0 atom stereocenters. The molecule has 0 radical (unpaired) electrons. The van der Waals surface area contributed by atoms with Crippen LogP contribution in [-0.4, -0.2) is 39.7 Å². The Hall–Kier alpha value is -1.25. The standard InChI is InChI=1S/C13H18F2N2O3S.ClH/c1-2-16-7-8-17-12(18)9-10-3-5-11(6-4-10)21(19,20)13(14)15;/h3-6,13,16H,2,7-9H2,1H3,(H,17,18);1H. The van der Waals surface area contributed by atoms with E-state index in [0.29, 0.717) is 18.7 Å². The van der Waals surface area contributed by atoms with E-state index in [1.54, 1.807) is 0 Å². The number of carbonyl (C=O) groups is 1. The third kappa shape index (κ3) is 6.25. The maximum atomic E-state index is 12.4. The van der Waals surface area contributed by atoms with Crippen LogP contribution in [0.2, 0.25) is 0 Å². The molecule has 0 aliphatic heterocycles. The van der Waals surface area contributed by atoms with Crippen molar-refractivity contribution in [3.05, 3.63) is 29.8 Å². The summed E-state index contributed by atoms with van der Waals surface area (Å²) in [5.41, 5.74) is 0.559. The molecule has 0 bridgehead atoms. The first kappa shape index (κ1) is 20.8. The fraction of sp³-hybridized carbons (Fsp3) is 0.462. The molecule has 5 nitrogen and oxygen atoms in total. The van der Waals surface area contributed by atoms with Crippen LogP contribution in [0.4, 0.5) is 8.78 Å². The minimum atomic E-state index is -4.58. The Kier molecular flexibility index (Phi) is 9.15. The Morgan fingerprint density at radius 1 is 1.18 bits per heavy atom. The predicted octanol–water partition coefficient (Wildman–Crippen LogP) is 1.37. The molecule has 0 saturated carbocycles. The van der Waals surface area contributed by atoms with Gasteiger partial charge in [0, 0.05) is 13.1 Å². The Morgan fingerprint density at radius 2 is 1.77 bits per heavy atom. The highest BCUT2D eigenvalue weighted by Gasteiger charge is 2.26. The monoisotopic (exact) mass is 356 g/mol. The van der Waals surface area contributed by atoms with Gasteiger partial charge in [-0.05, 0) is 24.2 Å². The van der Waals surface area contributed by atoms with Gasteiger partial charge in [-0.2, -0.15) is 8.78 Å². The van der Waals surface area contributed by atoms with Gasteiger partial charge in [0.05, 0.1) is 11.3 Å². The number of likely N-dealkylation sites (N-methyl/N-ethyl adjacent to an activating group) is 1. The van der Waals surface area contributed by atoms with Gasteiger partial charge >= 0.3 is 5.76 Å². The van der Waals surface area contributed by atoms with Crippen LogP contribution in [0.1, 0.15) is 12.5 Å². The molecule has 0 fully saturated rings. The normalized spacial score (nSPS) is 11.1. The zero-order valence-electron chi connectivity index (χ0n) is 12.0. The number of halogens is 3. The van der Waals surface area contributed by atoms with Gasteiger partial charge in [0.15, 0.2) is 0 Å². The van der Waals surface area contributed by atoms with Crippen molar-refractivity contribution in [1.82, 2.24) is 10.6 Å². The summed E-state index contributed by atoms with van der Waals surface area (Å²) in [6, 6.07) is 4.89. The van der Waals surface area contributed by atoms with E-state index in [1.165, 1.54) is 12.1 Å². The summed E-state index contributed by atoms with van der Waals surface area (Å²) in [6.45, 7) is 3.92. The third-order valence-electron chi connectivity index (χ3n) is 2.73. The average molecular weight is 357 g/mol. The molecule has 1 aromatic rings. The van der Waals surface area contributed by atoms with Gasteiger partial charge < -0.3 is 10.6 Å². The number of nitrogens with one attached hydrogen (secondary N) is 2. The Balaban J connectivity index is 0.00000441. The number of benzene rings is 1. The molecule has 0 aliphatic carbocycles. The summed E-state index contributed by atoms with van der Waals surface area (Å²) in [4.78, 5) is 11.1. The smallest absolute Gasteiger partial charge is 0.341 e. The Labute approximate surface area is 134 Å². The quantitative estimate of drug-likeness (QED) is 0.690. The molecule has 0 aliphatic rings. The molecule has 1 rings (SSSR count). The largest absolute Gasteiger partial charge is 0.355 e. The van der Waals surface area contributed by atoms with E-state index in [4.69, 9.17) is 0 Å². The SMILES string of the molecule is CCNCCNC(=O)Cc1ccc(S(=O)(=O)C(F)F)cc1.Cl. The van der Waals surface area contributed by atoms with Crippen LogP contribution in [0.3, 0.4) is 0 Å². The van der Waals surface area contributed by atoms with Gasteiger partial charge in [0.2, 0.25) is 15.7 Å². The maximum absolute atomic E-state index is 12.4. The van der Waals surface area contributed by atoms with Gasteiger partial charge in [-0.3, -0.25) is 4.79 Å². The number of hydrogen-bond donors (Lipinski definition) is 2. The summed E-state index contributed by atoms with van der Waals surface area (Å²) < 4.78 is 47.2. The summed E-state index contributed by atoms with van der Waals surface area (Å²) in [5.74, 6) is -3.66. The molecule has 9 heteroatoms. The van der Waals surface area contributed by atoms with Crippen molar-refractivity contribution in [3.63, 3.8) is 0 Å². The van der Waals surface area contributed by atoms with Gasteiger partial charge in [-0.25, -0.2) is 8.42 Å². The van der Waals surface area contributed by atoms with Crippen LogP contribution < -0.4 is 10.6 Å². The predicted molar refractivity (Wildman–Crippen MR) is 82.1 cm³/mol. The second kappa shape index (κ2) is 9.70. The van der Waals surface area contributed by atoms with Crippen molar-refractivity contribution >= 4 is 28.2 Å². The van der Waals surface area contributed by atoms with E-state index in [9.17, 15) is 22.0 Å². The van der Waals surface area contributed by atoms with Crippen LogP contribution in [-0.2, 0) is 21.1 Å². The fourth-order valence-electron chi connectivity index (χ4n) is 1.61. The average Bonchev–Trinajstić information content (AvgIpc) is 2.44. The van der Waals surface area contributed by atoms with Crippen molar-refractivity contribution < 1.29 is 22.0 Å². The lowest BCUT2D eigenvalue weighted by Crippen LogP contribution is -2.32. The highest BCUT2D eigenvalue weighted by Crippen LogP contribution is 2.18. The van der Waals surface area contributed by atoms with E-state index < -0.39 is 20.5 Å². The van der Waals surface area contributed by atoms with E-state index in [2.05, 4.69) is 10.6 Å². The van der Waals surface area contributed by atoms with Crippen molar-refractivity contribution in [1.29, 1.82) is 0 Å². The zero-order valence-corrected chi connectivity index (χ0v) is 13.6. The molecule has 0 spiro atoms. The van der Waals surface area contributed by atoms with Crippen molar-refractivity contribution in [2.45, 2.75) is 24.0 Å². The first-order valence-electron chi connectivity index (χ1n) is 6.46. The van der Waals surface area contributed by atoms with Crippen LogP contribution in [0.5, 0.6) is 0 Å². The van der Waals surface area contributed by atoms with Gasteiger partial charge in [0.1, 0.15) is 0 Å². The van der Waals surface area contributed by atoms with Gasteiger partial charge in [0.25, 0.3) is 0 Å². The summed E-state index contributed by atoms with van der Waals surface area (Å²) in [6.07, 6.45) is 0.0706. The van der Waals surface area contributed by atoms with Crippen molar-refractivity contribution in [2.24, 2.45) is 0 Å². The van der Waals surface area contributed by atoms with E-state index in [0.717, 1.165) is 18.7 Å². The summed E-state index contributed by atoms with van der Waals surface area (Å²) in [7, 11) is -4.58.